The molecule has 5 rings (SSSR count). The molecule has 0 saturated heterocycles. The Kier molecular flexibility index (Phi) is 5.56. The lowest BCUT2D eigenvalue weighted by atomic mass is 10.00. The summed E-state index contributed by atoms with van der Waals surface area (Å²) in [4.78, 5) is 16.0. The maximum absolute atomic E-state index is 6.17. The van der Waals surface area contributed by atoms with Gasteiger partial charge in [-0.05, 0) is 35.2 Å². The Morgan fingerprint density at radius 1 is 1.00 bits per heavy atom. The molecule has 8 nitrogen and oxygen atoms in total. The van der Waals surface area contributed by atoms with E-state index >= 15 is 0 Å². The summed E-state index contributed by atoms with van der Waals surface area (Å²) in [5.41, 5.74) is 10.7. The number of nitrogen functional groups attached to an aromatic ring is 1. The van der Waals surface area contributed by atoms with Crippen LogP contribution in [0.5, 0.6) is 11.5 Å². The van der Waals surface area contributed by atoms with Crippen LogP contribution in [0.15, 0.2) is 54.7 Å². The Hall–Kier alpha value is -4.07. The van der Waals surface area contributed by atoms with E-state index in [1.165, 1.54) is 11.1 Å². The fourth-order valence-electron chi connectivity index (χ4n) is 4.14. The number of ether oxygens (including phenoxy) is 2. The standard InChI is InChI=1S/C25H26N6O2/c1-32-21-11-19-20(12-22(21)33-2)29-25(30-24(19)26)28-14-16-7-8-23(27-13-16)31-10-9-17-5-3-4-6-18(17)15-31/h3-8,11-13H,9-10,14-15H2,1-2H3,(H3,26,28,29,30). The van der Waals surface area contributed by atoms with Crippen LogP contribution in [-0.4, -0.2) is 35.7 Å². The molecule has 0 radical (unpaired) electrons. The van der Waals surface area contributed by atoms with Gasteiger partial charge < -0.3 is 25.4 Å². The van der Waals surface area contributed by atoms with Crippen molar-refractivity contribution in [2.75, 3.05) is 36.7 Å². The lowest BCUT2D eigenvalue weighted by Crippen LogP contribution is -2.30. The van der Waals surface area contributed by atoms with Crippen molar-refractivity contribution in [3.8, 4) is 11.5 Å². The Bertz CT molecular complexity index is 1290. The normalized spacial score (nSPS) is 13.0. The molecule has 2 aromatic carbocycles. The summed E-state index contributed by atoms with van der Waals surface area (Å²) in [6, 6.07) is 16.3. The van der Waals surface area contributed by atoms with E-state index < -0.39 is 0 Å². The predicted molar refractivity (Wildman–Crippen MR) is 130 cm³/mol. The van der Waals surface area contributed by atoms with Gasteiger partial charge in [0, 0.05) is 37.3 Å². The van der Waals surface area contributed by atoms with E-state index in [1.54, 1.807) is 26.4 Å². The molecule has 0 spiro atoms. The summed E-state index contributed by atoms with van der Waals surface area (Å²) in [6.45, 7) is 2.40. The van der Waals surface area contributed by atoms with E-state index in [9.17, 15) is 0 Å². The third kappa shape index (κ3) is 4.19. The average molecular weight is 443 g/mol. The fourth-order valence-corrected chi connectivity index (χ4v) is 4.14. The van der Waals surface area contributed by atoms with Gasteiger partial charge >= 0.3 is 0 Å². The molecular formula is C25H26N6O2. The number of fused-ring (bicyclic) bond motifs is 2. The second-order valence-corrected chi connectivity index (χ2v) is 7.98. The van der Waals surface area contributed by atoms with Crippen LogP contribution in [0.4, 0.5) is 17.6 Å². The fraction of sp³-hybridized carbons (Fsp3) is 0.240. The van der Waals surface area contributed by atoms with E-state index in [1.807, 2.05) is 6.20 Å². The molecule has 33 heavy (non-hydrogen) atoms. The van der Waals surface area contributed by atoms with Crippen LogP contribution < -0.4 is 25.4 Å². The van der Waals surface area contributed by atoms with Gasteiger partial charge in [0.1, 0.15) is 11.6 Å². The van der Waals surface area contributed by atoms with E-state index in [2.05, 4.69) is 61.6 Å². The summed E-state index contributed by atoms with van der Waals surface area (Å²) in [7, 11) is 3.17. The summed E-state index contributed by atoms with van der Waals surface area (Å²) in [5, 5.41) is 3.96. The second-order valence-electron chi connectivity index (χ2n) is 7.98. The van der Waals surface area contributed by atoms with Crippen molar-refractivity contribution in [1.29, 1.82) is 0 Å². The van der Waals surface area contributed by atoms with Crippen LogP contribution in [0.25, 0.3) is 10.9 Å². The van der Waals surface area contributed by atoms with Gasteiger partial charge in [-0.2, -0.15) is 4.98 Å². The van der Waals surface area contributed by atoms with Gasteiger partial charge in [-0.15, -0.1) is 0 Å². The van der Waals surface area contributed by atoms with E-state index in [4.69, 9.17) is 15.2 Å². The third-order valence-corrected chi connectivity index (χ3v) is 5.94. The number of pyridine rings is 1. The summed E-state index contributed by atoms with van der Waals surface area (Å²) >= 11 is 0. The molecule has 0 aliphatic carbocycles. The number of hydrogen-bond acceptors (Lipinski definition) is 8. The van der Waals surface area contributed by atoms with Crippen LogP contribution in [0, 0.1) is 0 Å². The van der Waals surface area contributed by atoms with Crippen molar-refractivity contribution in [1.82, 2.24) is 15.0 Å². The Morgan fingerprint density at radius 2 is 1.79 bits per heavy atom. The molecular weight excluding hydrogens is 416 g/mol. The lowest BCUT2D eigenvalue weighted by Gasteiger charge is -2.29. The lowest BCUT2D eigenvalue weighted by molar-refractivity contribution is 0.356. The van der Waals surface area contributed by atoms with Gasteiger partial charge in [0.25, 0.3) is 0 Å². The van der Waals surface area contributed by atoms with Gasteiger partial charge in [0.15, 0.2) is 11.5 Å². The van der Waals surface area contributed by atoms with Crippen LogP contribution in [-0.2, 0) is 19.5 Å². The monoisotopic (exact) mass is 442 g/mol. The first-order chi connectivity index (χ1) is 16.1. The first kappa shape index (κ1) is 20.8. The Morgan fingerprint density at radius 3 is 2.55 bits per heavy atom. The highest BCUT2D eigenvalue weighted by molar-refractivity contribution is 5.91. The van der Waals surface area contributed by atoms with Crippen molar-refractivity contribution >= 4 is 28.5 Å². The molecule has 3 N–H and O–H groups in total. The number of aromatic nitrogens is 3. The van der Waals surface area contributed by atoms with Crippen LogP contribution in [0.1, 0.15) is 16.7 Å². The van der Waals surface area contributed by atoms with Gasteiger partial charge in [0.05, 0.1) is 19.7 Å². The van der Waals surface area contributed by atoms with Crippen molar-refractivity contribution in [2.24, 2.45) is 0 Å². The highest BCUT2D eigenvalue weighted by Gasteiger charge is 2.17. The number of nitrogens with zero attached hydrogens (tertiary/aromatic N) is 4. The van der Waals surface area contributed by atoms with Crippen LogP contribution in [0.3, 0.4) is 0 Å². The van der Waals surface area contributed by atoms with Crippen molar-refractivity contribution in [3.63, 3.8) is 0 Å². The zero-order chi connectivity index (χ0) is 22.8. The topological polar surface area (TPSA) is 98.4 Å². The summed E-state index contributed by atoms with van der Waals surface area (Å²) in [6.07, 6.45) is 2.93. The Balaban J connectivity index is 1.29. The quantitative estimate of drug-likeness (QED) is 0.465. The summed E-state index contributed by atoms with van der Waals surface area (Å²) in [5.74, 6) is 2.99. The SMILES string of the molecule is COc1cc2nc(NCc3ccc(N4CCc5ccccc5C4)nc3)nc(N)c2cc1OC. The molecule has 1 aliphatic rings. The van der Waals surface area contributed by atoms with Crippen LogP contribution in [0.2, 0.25) is 0 Å². The van der Waals surface area contributed by atoms with Gasteiger partial charge in [-0.1, -0.05) is 30.3 Å². The average Bonchev–Trinajstić information content (AvgIpc) is 2.86. The number of nitrogens with one attached hydrogen (secondary N) is 1. The zero-order valence-electron chi connectivity index (χ0n) is 18.7. The van der Waals surface area contributed by atoms with Crippen molar-refractivity contribution in [3.05, 3.63) is 71.4 Å². The molecule has 0 amide bonds. The van der Waals surface area contributed by atoms with Gasteiger partial charge in [-0.3, -0.25) is 0 Å². The van der Waals surface area contributed by atoms with E-state index in [0.717, 1.165) is 30.9 Å². The maximum Gasteiger partial charge on any atom is 0.225 e. The van der Waals surface area contributed by atoms with Gasteiger partial charge in [0.2, 0.25) is 5.95 Å². The molecule has 0 bridgehead atoms. The minimum Gasteiger partial charge on any atom is -0.493 e. The zero-order valence-corrected chi connectivity index (χ0v) is 18.7. The molecule has 4 aromatic rings. The highest BCUT2D eigenvalue weighted by atomic mass is 16.5. The van der Waals surface area contributed by atoms with E-state index in [0.29, 0.717) is 40.7 Å². The molecule has 3 heterocycles. The second kappa shape index (κ2) is 8.82. The minimum atomic E-state index is 0.377. The molecule has 2 aromatic heterocycles. The number of methoxy groups -OCH3 is 2. The first-order valence-corrected chi connectivity index (χ1v) is 10.8. The molecule has 0 unspecified atom stereocenters. The van der Waals surface area contributed by atoms with E-state index in [-0.39, 0.29) is 0 Å². The molecule has 1 aliphatic heterocycles. The third-order valence-electron chi connectivity index (χ3n) is 5.94. The first-order valence-electron chi connectivity index (χ1n) is 10.8. The van der Waals surface area contributed by atoms with Crippen LogP contribution >= 0.6 is 0 Å². The number of anilines is 3. The van der Waals surface area contributed by atoms with Crippen molar-refractivity contribution in [2.45, 2.75) is 19.5 Å². The molecule has 168 valence electrons. The van der Waals surface area contributed by atoms with Gasteiger partial charge in [-0.25, -0.2) is 9.97 Å². The molecule has 0 atom stereocenters. The molecule has 8 heteroatoms. The summed E-state index contributed by atoms with van der Waals surface area (Å²) < 4.78 is 10.7. The number of rotatable bonds is 6. The maximum atomic E-state index is 6.17. The highest BCUT2D eigenvalue weighted by Crippen LogP contribution is 2.33. The molecule has 0 saturated carbocycles. The number of benzene rings is 2. The Labute approximate surface area is 192 Å². The van der Waals surface area contributed by atoms with Crippen molar-refractivity contribution < 1.29 is 9.47 Å². The smallest absolute Gasteiger partial charge is 0.225 e. The largest absolute Gasteiger partial charge is 0.493 e. The number of nitrogens with two attached hydrogens (primary N) is 1. The minimum absolute atomic E-state index is 0.377. The predicted octanol–water partition coefficient (Wildman–Crippen LogP) is 3.80. The number of hydrogen-bond donors (Lipinski definition) is 2. The molecule has 0 fully saturated rings.